The van der Waals surface area contributed by atoms with Crippen LogP contribution in [0.4, 0.5) is 4.39 Å². The van der Waals surface area contributed by atoms with Gasteiger partial charge in [0.25, 0.3) is 0 Å². The molecule has 1 aliphatic carbocycles. The summed E-state index contributed by atoms with van der Waals surface area (Å²) in [6.07, 6.45) is 13.5. The SMILES string of the molecule is C=C(F)/C=C\C(=C/C)n1ncc2c1C=C1CCN(S(=O)c3cnn(CCC)n3)CC1(C(=O)c1nccs1)C2. The van der Waals surface area contributed by atoms with E-state index in [0.29, 0.717) is 41.7 Å². The maximum atomic E-state index is 14.0. The lowest BCUT2D eigenvalue weighted by molar-refractivity contribution is 0.0778. The van der Waals surface area contributed by atoms with Gasteiger partial charge in [0.05, 0.1) is 35.7 Å². The van der Waals surface area contributed by atoms with Crippen molar-refractivity contribution in [2.75, 3.05) is 13.1 Å². The van der Waals surface area contributed by atoms with Gasteiger partial charge >= 0.3 is 0 Å². The molecular formula is C26H28FN7O2S2. The molecule has 2 aliphatic rings. The third-order valence-corrected chi connectivity index (χ3v) is 8.87. The molecule has 4 heterocycles. The van der Waals surface area contributed by atoms with E-state index in [1.54, 1.807) is 33.3 Å². The maximum absolute atomic E-state index is 14.0. The average Bonchev–Trinajstić information content (AvgIpc) is 3.68. The monoisotopic (exact) mass is 553 g/mol. The highest BCUT2D eigenvalue weighted by Crippen LogP contribution is 2.47. The number of hydrogen-bond donors (Lipinski definition) is 0. The van der Waals surface area contributed by atoms with Crippen LogP contribution in [0.2, 0.25) is 0 Å². The zero-order chi connectivity index (χ0) is 26.9. The summed E-state index contributed by atoms with van der Waals surface area (Å²) in [7, 11) is -1.57. The van der Waals surface area contributed by atoms with Crippen molar-refractivity contribution in [3.05, 3.63) is 76.4 Å². The molecule has 0 N–H and O–H groups in total. The highest BCUT2D eigenvalue weighted by Gasteiger charge is 2.50. The van der Waals surface area contributed by atoms with Gasteiger partial charge in [-0.25, -0.2) is 22.6 Å². The van der Waals surface area contributed by atoms with Crippen molar-refractivity contribution in [1.29, 1.82) is 0 Å². The molecule has 3 aromatic heterocycles. The third kappa shape index (κ3) is 4.79. The van der Waals surface area contributed by atoms with Gasteiger partial charge in [-0.2, -0.15) is 15.0 Å². The molecule has 198 valence electrons. The van der Waals surface area contributed by atoms with Crippen LogP contribution in [0.3, 0.4) is 0 Å². The van der Waals surface area contributed by atoms with E-state index in [4.69, 9.17) is 0 Å². The maximum Gasteiger partial charge on any atom is 0.203 e. The van der Waals surface area contributed by atoms with Crippen LogP contribution >= 0.6 is 11.3 Å². The van der Waals surface area contributed by atoms with Gasteiger partial charge in [0.2, 0.25) is 5.78 Å². The Labute approximate surface area is 226 Å². The molecule has 2 unspecified atom stereocenters. The second kappa shape index (κ2) is 10.8. The zero-order valence-electron chi connectivity index (χ0n) is 21.2. The molecule has 1 saturated heterocycles. The summed E-state index contributed by atoms with van der Waals surface area (Å²) in [6.45, 7) is 8.56. The first-order valence-corrected chi connectivity index (χ1v) is 14.3. The molecule has 5 rings (SSSR count). The molecule has 0 spiro atoms. The highest BCUT2D eigenvalue weighted by atomic mass is 32.2. The molecule has 0 aromatic carbocycles. The number of ketones is 1. The zero-order valence-corrected chi connectivity index (χ0v) is 22.8. The van der Waals surface area contributed by atoms with E-state index in [-0.39, 0.29) is 12.3 Å². The summed E-state index contributed by atoms with van der Waals surface area (Å²) in [5, 5.41) is 15.8. The topological polar surface area (TPSA) is 98.8 Å². The summed E-state index contributed by atoms with van der Waals surface area (Å²) in [4.78, 5) is 19.9. The first kappa shape index (κ1) is 26.3. The molecule has 0 bridgehead atoms. The number of allylic oxidation sites excluding steroid dienone is 5. The number of piperidine rings is 1. The Balaban J connectivity index is 1.53. The first-order valence-electron chi connectivity index (χ1n) is 12.3. The fourth-order valence-electron chi connectivity index (χ4n) is 4.97. The Kier molecular flexibility index (Phi) is 7.46. The fourth-order valence-corrected chi connectivity index (χ4v) is 6.81. The quantitative estimate of drug-likeness (QED) is 0.286. The smallest absolute Gasteiger partial charge is 0.203 e. The number of fused-ring (bicyclic) bond motifs is 2. The number of carbonyl (C=O) groups is 1. The third-order valence-electron chi connectivity index (χ3n) is 6.77. The number of nitrogens with zero attached hydrogens (tertiary/aromatic N) is 7. The highest BCUT2D eigenvalue weighted by molar-refractivity contribution is 7.82. The summed E-state index contributed by atoms with van der Waals surface area (Å²) in [5.41, 5.74) is 2.43. The number of hydrogen-bond acceptors (Lipinski definition) is 7. The van der Waals surface area contributed by atoms with E-state index >= 15 is 0 Å². The molecule has 38 heavy (non-hydrogen) atoms. The Morgan fingerprint density at radius 3 is 2.87 bits per heavy atom. The Morgan fingerprint density at radius 2 is 2.16 bits per heavy atom. The largest absolute Gasteiger partial charge is 0.290 e. The van der Waals surface area contributed by atoms with E-state index in [1.165, 1.54) is 23.6 Å². The fraction of sp³-hybridized carbons (Fsp3) is 0.346. The lowest BCUT2D eigenvalue weighted by Crippen LogP contribution is -2.52. The molecule has 3 aromatic rings. The minimum atomic E-state index is -1.57. The summed E-state index contributed by atoms with van der Waals surface area (Å²) >= 11 is 1.30. The second-order valence-electron chi connectivity index (χ2n) is 9.20. The summed E-state index contributed by atoms with van der Waals surface area (Å²) < 4.78 is 30.4. The van der Waals surface area contributed by atoms with Gasteiger partial charge in [-0.05, 0) is 50.0 Å². The predicted octanol–water partition coefficient (Wildman–Crippen LogP) is 4.48. The first-order chi connectivity index (χ1) is 18.4. The number of aryl methyl sites for hydroxylation is 1. The molecule has 9 nitrogen and oxygen atoms in total. The van der Waals surface area contributed by atoms with Gasteiger partial charge in [-0.1, -0.05) is 25.2 Å². The second-order valence-corrected chi connectivity index (χ2v) is 11.5. The van der Waals surface area contributed by atoms with Gasteiger partial charge in [0.15, 0.2) is 10.0 Å². The van der Waals surface area contributed by atoms with Crippen molar-refractivity contribution >= 4 is 39.9 Å². The van der Waals surface area contributed by atoms with E-state index < -0.39 is 22.2 Å². The number of thiazole rings is 1. The standard InChI is InChI=1S/C26H28FN7O2S2/c1-4-10-33-29-16-23(31-33)38(36)32-11-8-20-13-22-19(15-30-34(22)21(5-2)7-6-18(3)27)14-26(20,17-32)24(35)25-28-9-12-37-25/h5-7,9,12-13,15-16H,3-4,8,10-11,14,17H2,1-2H3/b7-6-,21-5+. The average molecular weight is 554 g/mol. The van der Waals surface area contributed by atoms with Crippen LogP contribution in [0, 0.1) is 5.41 Å². The number of aromatic nitrogens is 6. The van der Waals surface area contributed by atoms with E-state index in [0.717, 1.165) is 23.3 Å². The van der Waals surface area contributed by atoms with Crippen LogP contribution in [0.5, 0.6) is 0 Å². The number of Topliss-reactive ketones (excluding diaryl/α,β-unsaturated/α-hetero) is 1. The molecule has 1 fully saturated rings. The molecule has 1 aliphatic heterocycles. The van der Waals surface area contributed by atoms with Gasteiger partial charge < -0.3 is 0 Å². The van der Waals surface area contributed by atoms with Crippen molar-refractivity contribution in [2.24, 2.45) is 5.41 Å². The number of rotatable bonds is 9. The van der Waals surface area contributed by atoms with Crippen LogP contribution in [-0.4, -0.2) is 57.1 Å². The normalized spacial score (nSPS) is 20.7. The summed E-state index contributed by atoms with van der Waals surface area (Å²) in [5.74, 6) is -0.639. The van der Waals surface area contributed by atoms with Crippen molar-refractivity contribution in [3.8, 4) is 0 Å². The van der Waals surface area contributed by atoms with Gasteiger partial charge in [0, 0.05) is 24.7 Å². The van der Waals surface area contributed by atoms with Crippen molar-refractivity contribution in [2.45, 2.75) is 44.7 Å². The van der Waals surface area contributed by atoms with E-state index in [1.807, 2.05) is 30.3 Å². The number of carbonyl (C=O) groups excluding carboxylic acids is 1. The molecule has 12 heteroatoms. The van der Waals surface area contributed by atoms with Crippen molar-refractivity contribution in [3.63, 3.8) is 0 Å². The molecule has 2 atom stereocenters. The van der Waals surface area contributed by atoms with Crippen LogP contribution < -0.4 is 0 Å². The lowest BCUT2D eigenvalue weighted by atomic mass is 9.66. The minimum absolute atomic E-state index is 0.0895. The van der Waals surface area contributed by atoms with Gasteiger partial charge in [-0.3, -0.25) is 4.79 Å². The van der Waals surface area contributed by atoms with Gasteiger partial charge in [0.1, 0.15) is 16.8 Å². The van der Waals surface area contributed by atoms with Crippen LogP contribution in [0.25, 0.3) is 11.8 Å². The molecule has 0 radical (unpaired) electrons. The Hall–Kier alpha value is -3.35. The molecular weight excluding hydrogens is 525 g/mol. The van der Waals surface area contributed by atoms with Gasteiger partial charge in [-0.15, -0.1) is 16.4 Å². The molecule has 0 saturated carbocycles. The van der Waals surface area contributed by atoms with Crippen LogP contribution in [0.1, 0.15) is 47.7 Å². The van der Waals surface area contributed by atoms with Crippen LogP contribution in [0.15, 0.2) is 65.2 Å². The minimum Gasteiger partial charge on any atom is -0.290 e. The summed E-state index contributed by atoms with van der Waals surface area (Å²) in [6, 6.07) is 0. The van der Waals surface area contributed by atoms with E-state index in [2.05, 4.69) is 26.9 Å². The number of halogens is 1. The Bertz CT molecular complexity index is 1480. The van der Waals surface area contributed by atoms with Crippen molar-refractivity contribution in [1.82, 2.24) is 34.1 Å². The predicted molar refractivity (Wildman–Crippen MR) is 145 cm³/mol. The van der Waals surface area contributed by atoms with E-state index in [9.17, 15) is 13.4 Å². The lowest BCUT2D eigenvalue weighted by Gasteiger charge is -2.44. The van der Waals surface area contributed by atoms with Crippen LogP contribution in [-0.2, 0) is 24.0 Å². The Morgan fingerprint density at radius 1 is 1.32 bits per heavy atom. The molecule has 0 amide bonds. The van der Waals surface area contributed by atoms with Crippen molar-refractivity contribution < 1.29 is 13.4 Å².